The van der Waals surface area contributed by atoms with Gasteiger partial charge in [0.25, 0.3) is 0 Å². The topological polar surface area (TPSA) is 73.9 Å². The summed E-state index contributed by atoms with van der Waals surface area (Å²) in [5.41, 5.74) is 0. The maximum Gasteiger partial charge on any atom is 0.501 e. The van der Waals surface area contributed by atoms with Gasteiger partial charge in [0.15, 0.2) is 0 Å². The van der Waals surface area contributed by atoms with Crippen molar-refractivity contribution in [1.29, 1.82) is 0 Å². The van der Waals surface area contributed by atoms with Gasteiger partial charge in [0.2, 0.25) is 12.3 Å². The molecule has 17 heavy (non-hydrogen) atoms. The van der Waals surface area contributed by atoms with Crippen LogP contribution in [-0.4, -0.2) is 40.9 Å². The van der Waals surface area contributed by atoms with Gasteiger partial charge in [0.05, 0.1) is 0 Å². The highest BCUT2D eigenvalue weighted by molar-refractivity contribution is 6.61. The second-order valence-electron chi connectivity index (χ2n) is 3.17. The molecule has 0 radical (unpaired) electrons. The number of hydrogen-bond acceptors (Lipinski definition) is 5. The van der Waals surface area contributed by atoms with Crippen molar-refractivity contribution in [3.8, 4) is 0 Å². The van der Waals surface area contributed by atoms with Gasteiger partial charge in [-0.2, -0.15) is 0 Å². The molecule has 0 aromatic heterocycles. The minimum Gasteiger partial charge on any atom is -0.374 e. The van der Waals surface area contributed by atoms with Crippen LogP contribution in [0, 0.1) is 0 Å². The van der Waals surface area contributed by atoms with Gasteiger partial charge in [-0.15, -0.1) is 0 Å². The van der Waals surface area contributed by atoms with E-state index in [-0.39, 0.29) is 12.3 Å². The molecular weight excluding hydrogens is 242 g/mol. The lowest BCUT2D eigenvalue weighted by Gasteiger charge is -2.28. The van der Waals surface area contributed by atoms with E-state index in [2.05, 4.69) is 5.32 Å². The normalized spacial score (nSPS) is 11.2. The van der Waals surface area contributed by atoms with Gasteiger partial charge in [-0.1, -0.05) is 0 Å². The summed E-state index contributed by atoms with van der Waals surface area (Å²) in [7, 11) is -2.76. The summed E-state index contributed by atoms with van der Waals surface area (Å²) in [6.07, 6.45) is 0.526. The first kappa shape index (κ1) is 16.2. The summed E-state index contributed by atoms with van der Waals surface area (Å²) in [6.45, 7) is 6.98. The Labute approximate surface area is 103 Å². The van der Waals surface area contributed by atoms with E-state index in [0.717, 1.165) is 0 Å². The van der Waals surface area contributed by atoms with Gasteiger partial charge in [0.1, 0.15) is 0 Å². The quantitative estimate of drug-likeness (QED) is 0.464. The van der Waals surface area contributed by atoms with Gasteiger partial charge in [0, 0.05) is 32.3 Å². The largest absolute Gasteiger partial charge is 0.501 e. The molecule has 0 aliphatic heterocycles. The first-order chi connectivity index (χ1) is 8.14. The van der Waals surface area contributed by atoms with E-state index < -0.39 is 8.80 Å². The van der Waals surface area contributed by atoms with E-state index in [1.54, 1.807) is 0 Å². The molecule has 0 saturated carbocycles. The average molecular weight is 263 g/mol. The fraction of sp³-hybridized carbons (Fsp3) is 0.800. The third-order valence-corrected chi connectivity index (χ3v) is 5.02. The lowest BCUT2D eigenvalue weighted by Crippen LogP contribution is -2.46. The molecule has 0 bridgehead atoms. The van der Waals surface area contributed by atoms with Crippen LogP contribution in [-0.2, 0) is 22.9 Å². The fourth-order valence-electron chi connectivity index (χ4n) is 1.41. The summed E-state index contributed by atoms with van der Waals surface area (Å²) in [4.78, 5) is 21.3. The molecule has 6 nitrogen and oxygen atoms in total. The molecule has 0 saturated heterocycles. The molecule has 100 valence electrons. The standard InChI is InChI=1S/C10H21NO5Si/c1-4-14-17(15-5-2,16-6-3)8-7-10(13)11-9-12/h9H,4-8H2,1-3H3,(H,11,12,13). The van der Waals surface area contributed by atoms with Gasteiger partial charge >= 0.3 is 8.80 Å². The van der Waals surface area contributed by atoms with E-state index >= 15 is 0 Å². The van der Waals surface area contributed by atoms with Crippen molar-refractivity contribution >= 4 is 21.1 Å². The Morgan fingerprint density at radius 2 is 1.59 bits per heavy atom. The smallest absolute Gasteiger partial charge is 0.374 e. The average Bonchev–Trinajstić information content (AvgIpc) is 2.28. The van der Waals surface area contributed by atoms with Crippen LogP contribution in [0.3, 0.4) is 0 Å². The highest BCUT2D eigenvalue weighted by Crippen LogP contribution is 2.17. The number of rotatable bonds is 10. The summed E-state index contributed by atoms with van der Waals surface area (Å²) in [5, 5.41) is 2.08. The Kier molecular flexibility index (Phi) is 8.87. The minimum atomic E-state index is -2.76. The molecule has 0 aromatic rings. The summed E-state index contributed by atoms with van der Waals surface area (Å²) in [5.74, 6) is -0.351. The second-order valence-corrected chi connectivity index (χ2v) is 5.90. The van der Waals surface area contributed by atoms with Crippen molar-refractivity contribution in [1.82, 2.24) is 5.32 Å². The molecule has 1 N–H and O–H groups in total. The predicted octanol–water partition coefficient (Wildman–Crippen LogP) is 0.697. The Bertz CT molecular complexity index is 220. The summed E-state index contributed by atoms with van der Waals surface area (Å²) in [6, 6.07) is 0.377. The number of amides is 2. The molecule has 0 aliphatic carbocycles. The molecule has 0 aliphatic rings. The molecule has 0 aromatic carbocycles. The van der Waals surface area contributed by atoms with Crippen LogP contribution in [0.25, 0.3) is 0 Å². The van der Waals surface area contributed by atoms with Crippen molar-refractivity contribution in [2.24, 2.45) is 0 Å². The first-order valence-electron chi connectivity index (χ1n) is 5.79. The van der Waals surface area contributed by atoms with Crippen molar-refractivity contribution in [2.75, 3.05) is 19.8 Å². The van der Waals surface area contributed by atoms with Gasteiger partial charge in [-0.25, -0.2) is 0 Å². The Morgan fingerprint density at radius 3 is 1.94 bits per heavy atom. The third-order valence-electron chi connectivity index (χ3n) is 1.97. The summed E-state index contributed by atoms with van der Waals surface area (Å²) >= 11 is 0. The molecule has 0 rings (SSSR count). The highest BCUT2D eigenvalue weighted by atomic mass is 28.4. The Morgan fingerprint density at radius 1 is 1.12 bits per heavy atom. The number of imide groups is 1. The maximum absolute atomic E-state index is 11.2. The van der Waals surface area contributed by atoms with E-state index in [9.17, 15) is 9.59 Å². The van der Waals surface area contributed by atoms with Crippen LogP contribution in [0.15, 0.2) is 0 Å². The lowest BCUT2D eigenvalue weighted by atomic mass is 10.5. The molecule has 0 spiro atoms. The van der Waals surface area contributed by atoms with E-state index in [0.29, 0.717) is 32.3 Å². The van der Waals surface area contributed by atoms with Gasteiger partial charge in [-0.05, 0) is 20.8 Å². The summed E-state index contributed by atoms with van der Waals surface area (Å²) < 4.78 is 16.7. The van der Waals surface area contributed by atoms with E-state index in [4.69, 9.17) is 13.3 Å². The molecule has 0 atom stereocenters. The zero-order valence-corrected chi connectivity index (χ0v) is 11.7. The second kappa shape index (κ2) is 9.29. The van der Waals surface area contributed by atoms with Crippen molar-refractivity contribution in [3.63, 3.8) is 0 Å². The van der Waals surface area contributed by atoms with Crippen molar-refractivity contribution in [2.45, 2.75) is 33.2 Å². The molecule has 0 heterocycles. The van der Waals surface area contributed by atoms with E-state index in [1.165, 1.54) is 0 Å². The van der Waals surface area contributed by atoms with E-state index in [1.807, 2.05) is 20.8 Å². The minimum absolute atomic E-state index is 0.158. The number of carbonyl (C=O) groups is 2. The number of nitrogens with one attached hydrogen (secondary N) is 1. The van der Waals surface area contributed by atoms with Crippen LogP contribution >= 0.6 is 0 Å². The maximum atomic E-state index is 11.2. The molecular formula is C10H21NO5Si. The predicted molar refractivity (Wildman–Crippen MR) is 64.3 cm³/mol. The molecule has 2 amide bonds. The monoisotopic (exact) mass is 263 g/mol. The van der Waals surface area contributed by atoms with Crippen molar-refractivity contribution in [3.05, 3.63) is 0 Å². The first-order valence-corrected chi connectivity index (χ1v) is 7.72. The number of carbonyl (C=O) groups excluding carboxylic acids is 2. The highest BCUT2D eigenvalue weighted by Gasteiger charge is 2.40. The SMILES string of the molecule is CCO[Si](CCC(=O)NC=O)(OCC)OCC. The van der Waals surface area contributed by atoms with Crippen LogP contribution in [0.4, 0.5) is 0 Å². The van der Waals surface area contributed by atoms with Crippen LogP contribution < -0.4 is 5.32 Å². The van der Waals surface area contributed by atoms with Crippen LogP contribution in [0.5, 0.6) is 0 Å². The Balaban J connectivity index is 4.42. The van der Waals surface area contributed by atoms with Crippen LogP contribution in [0.1, 0.15) is 27.2 Å². The molecule has 7 heteroatoms. The van der Waals surface area contributed by atoms with Gasteiger partial charge < -0.3 is 13.3 Å². The third kappa shape index (κ3) is 6.52. The number of hydrogen-bond donors (Lipinski definition) is 1. The fourth-order valence-corrected chi connectivity index (χ4v) is 3.94. The van der Waals surface area contributed by atoms with Crippen LogP contribution in [0.2, 0.25) is 6.04 Å². The lowest BCUT2D eigenvalue weighted by molar-refractivity contribution is -0.125. The van der Waals surface area contributed by atoms with Gasteiger partial charge in [-0.3, -0.25) is 14.9 Å². The Hall–Kier alpha value is -0.763. The zero-order chi connectivity index (χ0) is 13.1. The van der Waals surface area contributed by atoms with Crippen molar-refractivity contribution < 1.29 is 22.9 Å². The molecule has 0 unspecified atom stereocenters. The molecule has 0 fully saturated rings. The zero-order valence-electron chi connectivity index (χ0n) is 10.7.